The van der Waals surface area contributed by atoms with Crippen molar-refractivity contribution >= 4 is 43.7 Å². The van der Waals surface area contributed by atoms with Gasteiger partial charge in [-0.3, -0.25) is 0 Å². The highest BCUT2D eigenvalue weighted by Crippen LogP contribution is 2.40. The molecule has 2 aromatic carbocycles. The maximum atomic E-state index is 5.86. The Bertz CT molecular complexity index is 811. The highest BCUT2D eigenvalue weighted by molar-refractivity contribution is 7.22. The van der Waals surface area contributed by atoms with Crippen LogP contribution in [0.5, 0.6) is 0 Å². The number of fused-ring (bicyclic) bond motifs is 2. The standard InChI is InChI=1S/C16H16N4S/c1-19-8-9-20(14-5-3-2-4-13(14)19)16-18-12-7-6-11(17)10-15(12)21-16/h2-7,10H,8-9,17H2,1H3. The van der Waals surface area contributed by atoms with Crippen LogP contribution in [0, 0.1) is 0 Å². The van der Waals surface area contributed by atoms with Crippen LogP contribution < -0.4 is 15.5 Å². The number of nitrogens with zero attached hydrogens (tertiary/aromatic N) is 3. The summed E-state index contributed by atoms with van der Waals surface area (Å²) in [6.07, 6.45) is 0. The van der Waals surface area contributed by atoms with E-state index < -0.39 is 0 Å². The molecule has 0 aliphatic carbocycles. The second kappa shape index (κ2) is 4.63. The Morgan fingerprint density at radius 2 is 1.90 bits per heavy atom. The molecule has 1 aliphatic heterocycles. The van der Waals surface area contributed by atoms with Gasteiger partial charge in [0.15, 0.2) is 5.13 Å². The topological polar surface area (TPSA) is 45.4 Å². The second-order valence-electron chi connectivity index (χ2n) is 5.29. The van der Waals surface area contributed by atoms with Crippen molar-refractivity contribution in [1.82, 2.24) is 4.98 Å². The summed E-state index contributed by atoms with van der Waals surface area (Å²) < 4.78 is 1.14. The van der Waals surface area contributed by atoms with Crippen LogP contribution in [0.2, 0.25) is 0 Å². The van der Waals surface area contributed by atoms with Crippen LogP contribution in [0.25, 0.3) is 10.2 Å². The second-order valence-corrected chi connectivity index (χ2v) is 6.29. The summed E-state index contributed by atoms with van der Waals surface area (Å²) in [5.74, 6) is 0. The predicted octanol–water partition coefficient (Wildman–Crippen LogP) is 3.47. The summed E-state index contributed by atoms with van der Waals surface area (Å²) in [6.45, 7) is 1.94. The average molecular weight is 296 g/mol. The number of likely N-dealkylation sites (N-methyl/N-ethyl adjacent to an activating group) is 1. The summed E-state index contributed by atoms with van der Waals surface area (Å²) in [6, 6.07) is 14.4. The summed E-state index contributed by atoms with van der Waals surface area (Å²) in [7, 11) is 2.13. The molecule has 0 amide bonds. The largest absolute Gasteiger partial charge is 0.399 e. The van der Waals surface area contributed by atoms with Gasteiger partial charge < -0.3 is 15.5 Å². The first-order chi connectivity index (χ1) is 10.2. The van der Waals surface area contributed by atoms with E-state index in [0.29, 0.717) is 0 Å². The zero-order valence-corrected chi connectivity index (χ0v) is 12.6. The van der Waals surface area contributed by atoms with E-state index in [1.54, 1.807) is 11.3 Å². The van der Waals surface area contributed by atoms with Crippen LogP contribution in [0.4, 0.5) is 22.2 Å². The summed E-state index contributed by atoms with van der Waals surface area (Å²) in [5.41, 5.74) is 10.1. The minimum absolute atomic E-state index is 0.788. The number of hydrogen-bond donors (Lipinski definition) is 1. The lowest BCUT2D eigenvalue weighted by atomic mass is 10.2. The quantitative estimate of drug-likeness (QED) is 0.698. The van der Waals surface area contributed by atoms with E-state index in [2.05, 4.69) is 41.1 Å². The lowest BCUT2D eigenvalue weighted by Crippen LogP contribution is -2.36. The van der Waals surface area contributed by atoms with Gasteiger partial charge in [-0.25, -0.2) is 4.98 Å². The van der Waals surface area contributed by atoms with Crippen LogP contribution in [0.15, 0.2) is 42.5 Å². The van der Waals surface area contributed by atoms with Crippen molar-refractivity contribution in [2.45, 2.75) is 0 Å². The highest BCUT2D eigenvalue weighted by atomic mass is 32.1. The molecule has 0 saturated carbocycles. The maximum absolute atomic E-state index is 5.86. The van der Waals surface area contributed by atoms with Gasteiger partial charge in [-0.05, 0) is 30.3 Å². The van der Waals surface area contributed by atoms with Crippen LogP contribution in [-0.2, 0) is 0 Å². The monoisotopic (exact) mass is 296 g/mol. The summed E-state index contributed by atoms with van der Waals surface area (Å²) in [5, 5.41) is 1.04. The number of aromatic nitrogens is 1. The fraction of sp³-hybridized carbons (Fsp3) is 0.188. The number of para-hydroxylation sites is 2. The van der Waals surface area contributed by atoms with Crippen molar-refractivity contribution in [1.29, 1.82) is 0 Å². The number of nitrogen functional groups attached to an aromatic ring is 1. The molecule has 0 fully saturated rings. The predicted molar refractivity (Wildman–Crippen MR) is 90.8 cm³/mol. The molecule has 106 valence electrons. The fourth-order valence-electron chi connectivity index (χ4n) is 2.75. The van der Waals surface area contributed by atoms with E-state index in [4.69, 9.17) is 10.7 Å². The SMILES string of the molecule is CN1CCN(c2nc3ccc(N)cc3s2)c2ccccc21. The molecule has 3 aromatic rings. The Morgan fingerprint density at radius 3 is 2.76 bits per heavy atom. The minimum Gasteiger partial charge on any atom is -0.399 e. The zero-order valence-electron chi connectivity index (χ0n) is 11.8. The minimum atomic E-state index is 0.788. The molecule has 0 saturated heterocycles. The van der Waals surface area contributed by atoms with Crippen molar-refractivity contribution in [3.8, 4) is 0 Å². The van der Waals surface area contributed by atoms with Crippen molar-refractivity contribution in [3.63, 3.8) is 0 Å². The lowest BCUT2D eigenvalue weighted by Gasteiger charge is -2.35. The van der Waals surface area contributed by atoms with Gasteiger partial charge in [-0.1, -0.05) is 23.5 Å². The van der Waals surface area contributed by atoms with E-state index in [9.17, 15) is 0 Å². The molecule has 4 rings (SSSR count). The van der Waals surface area contributed by atoms with Crippen LogP contribution in [0.1, 0.15) is 0 Å². The summed E-state index contributed by atoms with van der Waals surface area (Å²) >= 11 is 1.70. The van der Waals surface area contributed by atoms with Gasteiger partial charge in [-0.2, -0.15) is 0 Å². The third kappa shape index (κ3) is 2.01. The maximum Gasteiger partial charge on any atom is 0.191 e. The Kier molecular flexibility index (Phi) is 2.75. The molecule has 5 heteroatoms. The van der Waals surface area contributed by atoms with E-state index in [1.807, 2.05) is 18.2 Å². The van der Waals surface area contributed by atoms with E-state index >= 15 is 0 Å². The Labute approximate surface area is 127 Å². The van der Waals surface area contributed by atoms with Gasteiger partial charge >= 0.3 is 0 Å². The fourth-order valence-corrected chi connectivity index (χ4v) is 3.80. The third-order valence-corrected chi connectivity index (χ3v) is 4.92. The molecule has 0 radical (unpaired) electrons. The lowest BCUT2D eigenvalue weighted by molar-refractivity contribution is 0.820. The zero-order chi connectivity index (χ0) is 14.4. The molecule has 4 nitrogen and oxygen atoms in total. The van der Waals surface area contributed by atoms with Crippen LogP contribution >= 0.6 is 11.3 Å². The van der Waals surface area contributed by atoms with Gasteiger partial charge in [0.1, 0.15) is 0 Å². The normalized spacial score (nSPS) is 14.5. The van der Waals surface area contributed by atoms with Gasteiger partial charge in [0.05, 0.1) is 21.6 Å². The highest BCUT2D eigenvalue weighted by Gasteiger charge is 2.23. The molecule has 1 aromatic heterocycles. The van der Waals surface area contributed by atoms with E-state index in [-0.39, 0.29) is 0 Å². The number of rotatable bonds is 1. The van der Waals surface area contributed by atoms with E-state index in [1.165, 1.54) is 11.4 Å². The molecule has 0 spiro atoms. The first-order valence-electron chi connectivity index (χ1n) is 6.96. The molecule has 21 heavy (non-hydrogen) atoms. The van der Waals surface area contributed by atoms with Crippen LogP contribution in [0.3, 0.4) is 0 Å². The van der Waals surface area contributed by atoms with E-state index in [0.717, 1.165) is 34.1 Å². The molecule has 2 heterocycles. The molecular weight excluding hydrogens is 280 g/mol. The molecule has 0 unspecified atom stereocenters. The van der Waals surface area contributed by atoms with Gasteiger partial charge in [0.2, 0.25) is 0 Å². The summed E-state index contributed by atoms with van der Waals surface area (Å²) in [4.78, 5) is 9.36. The number of nitrogens with two attached hydrogens (primary N) is 1. The van der Waals surface area contributed by atoms with Crippen molar-refractivity contribution in [3.05, 3.63) is 42.5 Å². The molecule has 0 atom stereocenters. The third-order valence-electron chi connectivity index (χ3n) is 3.87. The number of benzene rings is 2. The first-order valence-corrected chi connectivity index (χ1v) is 7.78. The molecular formula is C16H16N4S. The van der Waals surface area contributed by atoms with Gasteiger partial charge in [0.25, 0.3) is 0 Å². The first kappa shape index (κ1) is 12.5. The Hall–Kier alpha value is -2.27. The van der Waals surface area contributed by atoms with Crippen molar-refractivity contribution in [2.24, 2.45) is 0 Å². The Morgan fingerprint density at radius 1 is 1.10 bits per heavy atom. The molecule has 1 aliphatic rings. The van der Waals surface area contributed by atoms with Crippen molar-refractivity contribution in [2.75, 3.05) is 35.7 Å². The number of thiazole rings is 1. The smallest absolute Gasteiger partial charge is 0.191 e. The number of anilines is 4. The molecule has 2 N–H and O–H groups in total. The Balaban J connectivity index is 1.83. The number of hydrogen-bond acceptors (Lipinski definition) is 5. The van der Waals surface area contributed by atoms with Crippen LogP contribution in [-0.4, -0.2) is 25.1 Å². The molecule has 0 bridgehead atoms. The van der Waals surface area contributed by atoms with Crippen molar-refractivity contribution < 1.29 is 0 Å². The van der Waals surface area contributed by atoms with Gasteiger partial charge in [0, 0.05) is 25.8 Å². The average Bonchev–Trinajstić information content (AvgIpc) is 2.90. The van der Waals surface area contributed by atoms with Gasteiger partial charge in [-0.15, -0.1) is 0 Å².